The Bertz CT molecular complexity index is 1500. The van der Waals surface area contributed by atoms with Crippen LogP contribution in [-0.2, 0) is 6.18 Å². The maximum atomic E-state index is 13.1. The van der Waals surface area contributed by atoms with Crippen LogP contribution in [0, 0.1) is 0 Å². The molecule has 0 atom stereocenters. The van der Waals surface area contributed by atoms with Crippen LogP contribution in [0.1, 0.15) is 16.1 Å². The van der Waals surface area contributed by atoms with E-state index >= 15 is 0 Å². The minimum atomic E-state index is -4.69. The van der Waals surface area contributed by atoms with E-state index in [1.807, 2.05) is 0 Å². The molecule has 4 rings (SSSR count). The lowest BCUT2D eigenvalue weighted by Crippen LogP contribution is -2.35. The molecular formula is C23H14ClF3N4O4. The molecule has 1 amide bonds. The number of aromatic nitrogens is 1. The molecule has 35 heavy (non-hydrogen) atoms. The van der Waals surface area contributed by atoms with E-state index in [9.17, 15) is 27.6 Å². The number of primary amides is 1. The predicted octanol–water partition coefficient (Wildman–Crippen LogP) is 4.73. The number of nitrogens with one attached hydrogen (secondary N) is 2. The van der Waals surface area contributed by atoms with Gasteiger partial charge in [-0.25, -0.2) is 0 Å². The number of hydrogen-bond acceptors (Lipinski definition) is 7. The van der Waals surface area contributed by atoms with Crippen molar-refractivity contribution in [2.45, 2.75) is 6.18 Å². The lowest BCUT2D eigenvalue weighted by molar-refractivity contribution is -0.137. The number of nitrogens with zero attached hydrogens (tertiary/aromatic N) is 1. The number of hydrogen-bond donors (Lipinski definition) is 3. The second-order valence-corrected chi connectivity index (χ2v) is 7.63. The summed E-state index contributed by atoms with van der Waals surface area (Å²) in [6.07, 6.45) is -3.32. The van der Waals surface area contributed by atoms with Crippen LogP contribution in [-0.4, -0.2) is 10.9 Å². The van der Waals surface area contributed by atoms with Gasteiger partial charge in [-0.15, -0.1) is 0 Å². The number of amides is 1. The molecule has 0 fully saturated rings. The molecule has 0 radical (unpaired) electrons. The Kier molecular flexibility index (Phi) is 6.18. The number of halogens is 4. The summed E-state index contributed by atoms with van der Waals surface area (Å²) in [5.74, 6) is 0.00615. The van der Waals surface area contributed by atoms with Crippen molar-refractivity contribution in [1.29, 1.82) is 0 Å². The second-order valence-electron chi connectivity index (χ2n) is 7.22. The van der Waals surface area contributed by atoms with Gasteiger partial charge < -0.3 is 21.1 Å². The Balaban J connectivity index is 1.50. The van der Waals surface area contributed by atoms with Crippen LogP contribution >= 0.6 is 11.6 Å². The third kappa shape index (κ3) is 5.09. The summed E-state index contributed by atoms with van der Waals surface area (Å²) in [5.41, 5.74) is 2.51. The molecule has 3 aromatic carbocycles. The lowest BCUT2D eigenvalue weighted by Gasteiger charge is -2.17. The summed E-state index contributed by atoms with van der Waals surface area (Å²) >= 11 is 5.61. The van der Waals surface area contributed by atoms with Crippen LogP contribution in [0.5, 0.6) is 11.5 Å². The maximum absolute atomic E-state index is 13.1. The Morgan fingerprint density at radius 2 is 1.49 bits per heavy atom. The van der Waals surface area contributed by atoms with Crippen molar-refractivity contribution in [1.82, 2.24) is 4.98 Å². The van der Waals surface area contributed by atoms with E-state index < -0.39 is 33.5 Å². The Morgan fingerprint density at radius 3 is 2.09 bits per heavy atom. The monoisotopic (exact) mass is 502 g/mol. The van der Waals surface area contributed by atoms with Crippen molar-refractivity contribution >= 4 is 40.3 Å². The number of pyridine rings is 1. The molecule has 4 N–H and O–H groups in total. The summed E-state index contributed by atoms with van der Waals surface area (Å²) < 4.78 is 44.9. The van der Waals surface area contributed by atoms with Gasteiger partial charge >= 0.3 is 6.18 Å². The number of anilines is 4. The van der Waals surface area contributed by atoms with Gasteiger partial charge in [0.2, 0.25) is 0 Å². The summed E-state index contributed by atoms with van der Waals surface area (Å²) in [6.45, 7) is 0. The van der Waals surface area contributed by atoms with Crippen molar-refractivity contribution in [2.75, 3.05) is 10.6 Å². The number of carbonyl (C=O) groups excluding carboxylic acids is 1. The highest BCUT2D eigenvalue weighted by atomic mass is 35.5. The average Bonchev–Trinajstić information content (AvgIpc) is 2.82. The highest BCUT2D eigenvalue weighted by Crippen LogP contribution is 2.37. The van der Waals surface area contributed by atoms with Gasteiger partial charge in [-0.05, 0) is 48.5 Å². The Hall–Kier alpha value is -4.38. The normalized spacial score (nSPS) is 11.3. The van der Waals surface area contributed by atoms with E-state index in [0.29, 0.717) is 17.2 Å². The largest absolute Gasteiger partial charge is 0.457 e. The van der Waals surface area contributed by atoms with E-state index in [4.69, 9.17) is 22.1 Å². The van der Waals surface area contributed by atoms with Gasteiger partial charge in [0.25, 0.3) is 16.8 Å². The van der Waals surface area contributed by atoms with Crippen molar-refractivity contribution in [2.24, 2.45) is 5.73 Å². The summed E-state index contributed by atoms with van der Waals surface area (Å²) in [6, 6.07) is 12.2. The molecule has 0 saturated carbocycles. The third-order valence-electron chi connectivity index (χ3n) is 4.79. The SMILES string of the molecule is NC(=O)c1cc(Oc2ccc(Nc3c(Nc4ccc(Cl)c(C(F)(F)F)c4)c(=O)c3=O)cc2)ccn1. The highest BCUT2D eigenvalue weighted by molar-refractivity contribution is 6.31. The molecule has 0 unspecified atom stereocenters. The maximum Gasteiger partial charge on any atom is 0.417 e. The van der Waals surface area contributed by atoms with Crippen molar-refractivity contribution < 1.29 is 22.7 Å². The van der Waals surface area contributed by atoms with E-state index in [-0.39, 0.29) is 22.8 Å². The molecule has 178 valence electrons. The van der Waals surface area contributed by atoms with Gasteiger partial charge in [0, 0.05) is 23.6 Å². The molecule has 1 aromatic heterocycles. The zero-order valence-corrected chi connectivity index (χ0v) is 18.2. The standard InChI is InChI=1S/C23H14ClF3N4O4/c24-16-6-3-12(9-15(16)23(25,26)27)31-19-18(20(32)21(19)33)30-11-1-4-13(5-2-11)35-14-7-8-29-17(10-14)22(28)34/h1-10,30-31H,(H2,28,34). The van der Waals surface area contributed by atoms with Crippen LogP contribution in [0.15, 0.2) is 70.4 Å². The van der Waals surface area contributed by atoms with Gasteiger partial charge in [0.15, 0.2) is 0 Å². The van der Waals surface area contributed by atoms with Gasteiger partial charge in [-0.2, -0.15) is 13.2 Å². The van der Waals surface area contributed by atoms with Crippen molar-refractivity contribution in [3.63, 3.8) is 0 Å². The van der Waals surface area contributed by atoms with Crippen LogP contribution in [0.25, 0.3) is 0 Å². The first-order valence-electron chi connectivity index (χ1n) is 9.81. The Labute approximate surface area is 199 Å². The summed E-state index contributed by atoms with van der Waals surface area (Å²) in [5, 5.41) is 4.82. The van der Waals surface area contributed by atoms with Crippen LogP contribution < -0.4 is 32.0 Å². The number of ether oxygens (including phenoxy) is 1. The van der Waals surface area contributed by atoms with E-state index in [0.717, 1.165) is 12.1 Å². The van der Waals surface area contributed by atoms with Gasteiger partial charge in [0.05, 0.1) is 10.6 Å². The summed E-state index contributed by atoms with van der Waals surface area (Å²) in [7, 11) is 0. The molecule has 8 nitrogen and oxygen atoms in total. The minimum Gasteiger partial charge on any atom is -0.457 e. The molecule has 12 heteroatoms. The van der Waals surface area contributed by atoms with E-state index in [2.05, 4.69) is 15.6 Å². The average molecular weight is 503 g/mol. The van der Waals surface area contributed by atoms with E-state index in [1.54, 1.807) is 24.3 Å². The molecule has 0 aliphatic heterocycles. The molecule has 0 saturated heterocycles. The van der Waals surface area contributed by atoms with Crippen molar-refractivity contribution in [3.8, 4) is 11.5 Å². The predicted molar refractivity (Wildman–Crippen MR) is 124 cm³/mol. The number of rotatable bonds is 7. The fourth-order valence-electron chi connectivity index (χ4n) is 3.09. The molecule has 0 aliphatic carbocycles. The quantitative estimate of drug-likeness (QED) is 0.312. The second kappa shape index (κ2) is 9.11. The van der Waals surface area contributed by atoms with Gasteiger partial charge in [0.1, 0.15) is 28.6 Å². The fraction of sp³-hybridized carbons (Fsp3) is 0.0435. The first kappa shape index (κ1) is 23.8. The number of carbonyl (C=O) groups is 1. The first-order valence-corrected chi connectivity index (χ1v) is 10.2. The fourth-order valence-corrected chi connectivity index (χ4v) is 3.32. The van der Waals surface area contributed by atoms with Crippen LogP contribution in [0.4, 0.5) is 35.9 Å². The number of benzene rings is 2. The first-order chi connectivity index (χ1) is 16.5. The Morgan fingerprint density at radius 1 is 0.886 bits per heavy atom. The minimum absolute atomic E-state index is 0.0314. The molecular weight excluding hydrogens is 489 g/mol. The lowest BCUT2D eigenvalue weighted by atomic mass is 10.1. The van der Waals surface area contributed by atoms with Crippen LogP contribution in [0.3, 0.4) is 0 Å². The van der Waals surface area contributed by atoms with Gasteiger partial charge in [-0.1, -0.05) is 11.6 Å². The number of alkyl halides is 3. The molecule has 0 spiro atoms. The zero-order valence-electron chi connectivity index (χ0n) is 17.4. The third-order valence-corrected chi connectivity index (χ3v) is 5.12. The molecule has 0 bridgehead atoms. The highest BCUT2D eigenvalue weighted by Gasteiger charge is 2.33. The smallest absolute Gasteiger partial charge is 0.417 e. The van der Waals surface area contributed by atoms with Crippen molar-refractivity contribution in [3.05, 3.63) is 97.5 Å². The van der Waals surface area contributed by atoms with Gasteiger partial charge in [-0.3, -0.25) is 19.4 Å². The molecule has 0 aliphatic rings. The molecule has 1 heterocycles. The topological polar surface area (TPSA) is 123 Å². The zero-order chi connectivity index (χ0) is 25.3. The summed E-state index contributed by atoms with van der Waals surface area (Å²) in [4.78, 5) is 39.1. The van der Waals surface area contributed by atoms with Crippen LogP contribution in [0.2, 0.25) is 5.02 Å². The molecule has 4 aromatic rings. The van der Waals surface area contributed by atoms with E-state index in [1.165, 1.54) is 24.4 Å². The number of nitrogens with two attached hydrogens (primary N) is 1.